The Labute approximate surface area is 132 Å². The molecule has 0 aliphatic carbocycles. The fraction of sp³-hybridized carbons (Fsp3) is 0.556. The summed E-state index contributed by atoms with van der Waals surface area (Å²) < 4.78 is 0. The number of para-hydroxylation sites is 1. The lowest BCUT2D eigenvalue weighted by molar-refractivity contribution is 0.202. The summed E-state index contributed by atoms with van der Waals surface area (Å²) in [6, 6.07) is 8.72. The number of hydrogen-bond donors (Lipinski definition) is 2. The Balaban J connectivity index is 1.33. The molecule has 1 fully saturated rings. The second-order valence-corrected chi connectivity index (χ2v) is 6.60. The first-order valence-corrected chi connectivity index (χ1v) is 8.64. The molecule has 2 aliphatic heterocycles. The van der Waals surface area contributed by atoms with Gasteiger partial charge in [0.1, 0.15) is 0 Å². The zero-order valence-corrected chi connectivity index (χ0v) is 13.3. The fourth-order valence-corrected chi connectivity index (χ4v) is 3.89. The van der Waals surface area contributed by atoms with E-state index in [4.69, 9.17) is 0 Å². The molecule has 4 heteroatoms. The minimum atomic E-state index is 1.09. The summed E-state index contributed by atoms with van der Waals surface area (Å²) >= 11 is 0. The quantitative estimate of drug-likeness (QED) is 0.903. The van der Waals surface area contributed by atoms with Crippen molar-refractivity contribution in [2.75, 3.05) is 45.8 Å². The van der Waals surface area contributed by atoms with Crippen LogP contribution in [0.3, 0.4) is 0 Å². The first-order chi connectivity index (χ1) is 10.9. The predicted molar refractivity (Wildman–Crippen MR) is 91.2 cm³/mol. The molecule has 0 atom stereocenters. The summed E-state index contributed by atoms with van der Waals surface area (Å²) in [6.45, 7) is 9.50. The van der Waals surface area contributed by atoms with Gasteiger partial charge in [-0.25, -0.2) is 0 Å². The third-order valence-corrected chi connectivity index (χ3v) is 5.12. The molecule has 4 rings (SSSR count). The number of rotatable bonds is 4. The lowest BCUT2D eigenvalue weighted by Gasteiger charge is -2.30. The smallest absolute Gasteiger partial charge is 0.0459 e. The van der Waals surface area contributed by atoms with Gasteiger partial charge in [0.15, 0.2) is 0 Å². The van der Waals surface area contributed by atoms with Crippen LogP contribution in [0.2, 0.25) is 0 Å². The zero-order valence-electron chi connectivity index (χ0n) is 13.3. The van der Waals surface area contributed by atoms with Crippen LogP contribution >= 0.6 is 0 Å². The van der Waals surface area contributed by atoms with Crippen LogP contribution in [-0.4, -0.2) is 60.6 Å². The Hall–Kier alpha value is -1.36. The van der Waals surface area contributed by atoms with Gasteiger partial charge in [-0.3, -0.25) is 4.90 Å². The molecule has 0 unspecified atom stereocenters. The number of H-pyrrole nitrogens is 1. The van der Waals surface area contributed by atoms with Gasteiger partial charge in [0.05, 0.1) is 0 Å². The summed E-state index contributed by atoms with van der Waals surface area (Å²) in [4.78, 5) is 8.83. The van der Waals surface area contributed by atoms with Gasteiger partial charge >= 0.3 is 0 Å². The van der Waals surface area contributed by atoms with Crippen LogP contribution in [0.1, 0.15) is 17.7 Å². The number of nitrogens with one attached hydrogen (secondary N) is 2. The third-order valence-electron chi connectivity index (χ3n) is 5.12. The molecule has 0 bridgehead atoms. The fourth-order valence-electron chi connectivity index (χ4n) is 3.89. The summed E-state index contributed by atoms with van der Waals surface area (Å²) in [7, 11) is 0. The van der Waals surface area contributed by atoms with E-state index in [2.05, 4.69) is 44.4 Å². The number of aromatic nitrogens is 1. The Morgan fingerprint density at radius 2 is 1.77 bits per heavy atom. The minimum Gasteiger partial charge on any atom is -0.357 e. The molecule has 4 nitrogen and oxygen atoms in total. The van der Waals surface area contributed by atoms with Gasteiger partial charge in [-0.05, 0) is 37.6 Å². The maximum absolute atomic E-state index is 3.63. The van der Waals surface area contributed by atoms with Crippen LogP contribution in [0.25, 0.3) is 10.9 Å². The topological polar surface area (TPSA) is 34.3 Å². The van der Waals surface area contributed by atoms with E-state index in [0.717, 1.165) is 19.6 Å². The largest absolute Gasteiger partial charge is 0.357 e. The SMILES string of the molecule is c1ccc2c3c([nH]c2c1)CN(CCCN1CCNCC1)CC3. The number of hydrogen-bond acceptors (Lipinski definition) is 3. The summed E-state index contributed by atoms with van der Waals surface area (Å²) in [5.74, 6) is 0. The first kappa shape index (κ1) is 14.2. The standard InChI is InChI=1S/C18H26N4/c1-2-5-17-15(4-1)16-6-11-22(14-18(16)20-17)10-3-9-21-12-7-19-8-13-21/h1-2,4-5,19-20H,3,6-14H2. The van der Waals surface area contributed by atoms with Crippen molar-refractivity contribution in [1.29, 1.82) is 0 Å². The third kappa shape index (κ3) is 2.91. The summed E-state index contributed by atoms with van der Waals surface area (Å²) in [5.41, 5.74) is 4.29. The Morgan fingerprint density at radius 1 is 0.955 bits per heavy atom. The van der Waals surface area contributed by atoms with Crippen LogP contribution in [0, 0.1) is 0 Å². The molecule has 0 spiro atoms. The molecule has 1 aromatic carbocycles. The van der Waals surface area contributed by atoms with Gasteiger partial charge in [-0.2, -0.15) is 0 Å². The molecule has 2 aliphatic rings. The van der Waals surface area contributed by atoms with E-state index in [0.29, 0.717) is 0 Å². The van der Waals surface area contributed by atoms with Gasteiger partial charge in [-0.1, -0.05) is 18.2 Å². The molecular weight excluding hydrogens is 272 g/mol. The molecule has 2 aromatic rings. The van der Waals surface area contributed by atoms with Gasteiger partial charge in [0.25, 0.3) is 0 Å². The number of piperazine rings is 1. The Kier molecular flexibility index (Phi) is 4.15. The number of nitrogens with zero attached hydrogens (tertiary/aromatic N) is 2. The Morgan fingerprint density at radius 3 is 2.68 bits per heavy atom. The highest BCUT2D eigenvalue weighted by Gasteiger charge is 2.20. The van der Waals surface area contributed by atoms with E-state index in [9.17, 15) is 0 Å². The van der Waals surface area contributed by atoms with Crippen molar-refractivity contribution in [1.82, 2.24) is 20.1 Å². The van der Waals surface area contributed by atoms with Crippen molar-refractivity contribution in [3.63, 3.8) is 0 Å². The molecular formula is C18H26N4. The highest BCUT2D eigenvalue weighted by atomic mass is 15.2. The van der Waals surface area contributed by atoms with Crippen LogP contribution in [0.4, 0.5) is 0 Å². The minimum absolute atomic E-state index is 1.09. The van der Waals surface area contributed by atoms with Gasteiger partial charge in [0.2, 0.25) is 0 Å². The lowest BCUT2D eigenvalue weighted by Crippen LogP contribution is -2.44. The molecule has 1 aromatic heterocycles. The van der Waals surface area contributed by atoms with Crippen molar-refractivity contribution in [2.45, 2.75) is 19.4 Å². The van der Waals surface area contributed by atoms with E-state index < -0.39 is 0 Å². The van der Waals surface area contributed by atoms with Crippen LogP contribution in [0.5, 0.6) is 0 Å². The second-order valence-electron chi connectivity index (χ2n) is 6.60. The van der Waals surface area contributed by atoms with E-state index >= 15 is 0 Å². The average Bonchev–Trinajstić information content (AvgIpc) is 2.93. The van der Waals surface area contributed by atoms with Crippen LogP contribution in [0.15, 0.2) is 24.3 Å². The van der Waals surface area contributed by atoms with Gasteiger partial charge in [0, 0.05) is 55.9 Å². The first-order valence-electron chi connectivity index (χ1n) is 8.64. The second kappa shape index (κ2) is 6.41. The van der Waals surface area contributed by atoms with Crippen molar-refractivity contribution in [3.05, 3.63) is 35.5 Å². The predicted octanol–water partition coefficient (Wildman–Crippen LogP) is 1.82. The maximum atomic E-state index is 3.63. The molecule has 0 amide bonds. The molecule has 22 heavy (non-hydrogen) atoms. The van der Waals surface area contributed by atoms with E-state index in [1.54, 1.807) is 5.56 Å². The number of aromatic amines is 1. The number of benzene rings is 1. The molecule has 118 valence electrons. The highest BCUT2D eigenvalue weighted by molar-refractivity contribution is 5.84. The molecule has 1 saturated heterocycles. The van der Waals surface area contributed by atoms with Crippen molar-refractivity contribution >= 4 is 10.9 Å². The molecule has 0 radical (unpaired) electrons. The zero-order chi connectivity index (χ0) is 14.8. The summed E-state index contributed by atoms with van der Waals surface area (Å²) in [6.07, 6.45) is 2.47. The van der Waals surface area contributed by atoms with Crippen LogP contribution < -0.4 is 5.32 Å². The molecule has 0 saturated carbocycles. The van der Waals surface area contributed by atoms with Crippen molar-refractivity contribution in [3.8, 4) is 0 Å². The molecule has 3 heterocycles. The van der Waals surface area contributed by atoms with E-state index in [1.807, 2.05) is 0 Å². The molecule has 2 N–H and O–H groups in total. The van der Waals surface area contributed by atoms with Crippen LogP contribution in [-0.2, 0) is 13.0 Å². The number of fused-ring (bicyclic) bond motifs is 3. The summed E-state index contributed by atoms with van der Waals surface area (Å²) in [5, 5.41) is 4.85. The van der Waals surface area contributed by atoms with Crippen molar-refractivity contribution < 1.29 is 0 Å². The maximum Gasteiger partial charge on any atom is 0.0459 e. The van der Waals surface area contributed by atoms with Gasteiger partial charge in [-0.15, -0.1) is 0 Å². The normalized spacial score (nSPS) is 20.4. The van der Waals surface area contributed by atoms with Crippen molar-refractivity contribution in [2.24, 2.45) is 0 Å². The van der Waals surface area contributed by atoms with E-state index in [1.165, 1.54) is 62.2 Å². The lowest BCUT2D eigenvalue weighted by atomic mass is 10.0. The highest BCUT2D eigenvalue weighted by Crippen LogP contribution is 2.27. The Bertz CT molecular complexity index is 627. The average molecular weight is 298 g/mol. The van der Waals surface area contributed by atoms with E-state index in [-0.39, 0.29) is 0 Å². The monoisotopic (exact) mass is 298 g/mol. The van der Waals surface area contributed by atoms with Gasteiger partial charge < -0.3 is 15.2 Å².